The van der Waals surface area contributed by atoms with Crippen LogP contribution in [-0.4, -0.2) is 21.4 Å². The van der Waals surface area contributed by atoms with Crippen LogP contribution >= 0.6 is 11.8 Å². The highest BCUT2D eigenvalue weighted by Crippen LogP contribution is 2.34. The summed E-state index contributed by atoms with van der Waals surface area (Å²) in [6.07, 6.45) is 8.65. The first kappa shape index (κ1) is 12.5. The van der Waals surface area contributed by atoms with Gasteiger partial charge in [-0.3, -0.25) is 0 Å². The summed E-state index contributed by atoms with van der Waals surface area (Å²) in [5.41, 5.74) is 5.92. The van der Waals surface area contributed by atoms with Crippen LogP contribution in [0.5, 0.6) is 0 Å². The molecule has 2 aliphatic carbocycles. The van der Waals surface area contributed by atoms with Crippen molar-refractivity contribution in [1.82, 2.24) is 10.1 Å². The Balaban J connectivity index is 1.52. The van der Waals surface area contributed by atoms with Gasteiger partial charge in [-0.25, -0.2) is 0 Å². The summed E-state index contributed by atoms with van der Waals surface area (Å²) in [6.45, 7) is 0. The molecule has 2 aliphatic rings. The van der Waals surface area contributed by atoms with E-state index in [0.717, 1.165) is 42.0 Å². The van der Waals surface area contributed by atoms with E-state index in [-0.39, 0.29) is 0 Å². The lowest BCUT2D eigenvalue weighted by molar-refractivity contribution is 0.350. The van der Waals surface area contributed by atoms with Crippen LogP contribution in [0.25, 0.3) is 0 Å². The minimum Gasteiger partial charge on any atom is -0.339 e. The maximum absolute atomic E-state index is 5.92. The molecule has 2 saturated carbocycles. The van der Waals surface area contributed by atoms with Crippen LogP contribution in [0.2, 0.25) is 0 Å². The molecule has 1 heterocycles. The van der Waals surface area contributed by atoms with Crippen LogP contribution in [0.4, 0.5) is 0 Å². The van der Waals surface area contributed by atoms with Crippen molar-refractivity contribution in [2.75, 3.05) is 0 Å². The molecule has 18 heavy (non-hydrogen) atoms. The van der Waals surface area contributed by atoms with Gasteiger partial charge in [-0.1, -0.05) is 18.0 Å². The number of aromatic nitrogens is 2. The average Bonchev–Trinajstić information content (AvgIpc) is 3.07. The second-order valence-electron chi connectivity index (χ2n) is 5.54. The highest BCUT2D eigenvalue weighted by atomic mass is 32.2. The van der Waals surface area contributed by atoms with Gasteiger partial charge in [0, 0.05) is 17.2 Å². The Bertz CT molecular complexity index is 389. The minimum atomic E-state index is 0.318. The number of hydrogen-bond acceptors (Lipinski definition) is 5. The maximum atomic E-state index is 5.92. The van der Waals surface area contributed by atoms with Crippen LogP contribution in [0.3, 0.4) is 0 Å². The third-order valence-corrected chi connectivity index (χ3v) is 5.42. The van der Waals surface area contributed by atoms with Crippen molar-refractivity contribution in [3.05, 3.63) is 11.7 Å². The zero-order valence-corrected chi connectivity index (χ0v) is 11.5. The summed E-state index contributed by atoms with van der Waals surface area (Å²) in [6, 6.07) is 0.318. The molecule has 0 radical (unpaired) electrons. The SMILES string of the molecule is N[C@H]1CC[C@@H](c2nc(CSC3CCCC3)no2)C1. The monoisotopic (exact) mass is 267 g/mol. The molecule has 2 fully saturated rings. The van der Waals surface area contributed by atoms with E-state index in [9.17, 15) is 0 Å². The van der Waals surface area contributed by atoms with Crippen LogP contribution in [0.15, 0.2) is 4.52 Å². The van der Waals surface area contributed by atoms with Crippen LogP contribution in [0, 0.1) is 0 Å². The Hall–Kier alpha value is -0.550. The Morgan fingerprint density at radius 2 is 2.06 bits per heavy atom. The van der Waals surface area contributed by atoms with Crippen LogP contribution < -0.4 is 5.73 Å². The largest absolute Gasteiger partial charge is 0.339 e. The van der Waals surface area contributed by atoms with Crippen molar-refractivity contribution in [2.24, 2.45) is 5.73 Å². The van der Waals surface area contributed by atoms with Gasteiger partial charge in [0.05, 0.1) is 5.75 Å². The van der Waals surface area contributed by atoms with Crippen LogP contribution in [-0.2, 0) is 5.75 Å². The van der Waals surface area contributed by atoms with Crippen LogP contribution in [0.1, 0.15) is 62.6 Å². The molecule has 0 spiro atoms. The Morgan fingerprint density at radius 3 is 2.78 bits per heavy atom. The number of nitrogens with two attached hydrogens (primary N) is 1. The van der Waals surface area contributed by atoms with Gasteiger partial charge in [0.25, 0.3) is 0 Å². The molecule has 0 bridgehead atoms. The fourth-order valence-electron chi connectivity index (χ4n) is 2.98. The zero-order chi connectivity index (χ0) is 12.4. The number of nitrogens with zero attached hydrogens (tertiary/aromatic N) is 2. The summed E-state index contributed by atoms with van der Waals surface area (Å²) < 4.78 is 5.38. The molecule has 2 atom stereocenters. The van der Waals surface area contributed by atoms with Crippen molar-refractivity contribution in [3.63, 3.8) is 0 Å². The smallest absolute Gasteiger partial charge is 0.229 e. The molecule has 0 aromatic carbocycles. The minimum absolute atomic E-state index is 0.318. The highest BCUT2D eigenvalue weighted by Gasteiger charge is 2.28. The predicted octanol–water partition coefficient (Wildman–Crippen LogP) is 2.84. The van der Waals surface area contributed by atoms with Gasteiger partial charge in [-0.05, 0) is 32.1 Å². The summed E-state index contributed by atoms with van der Waals surface area (Å²) in [7, 11) is 0. The molecule has 5 heteroatoms. The molecule has 0 saturated heterocycles. The van der Waals surface area contributed by atoms with E-state index < -0.39 is 0 Å². The summed E-state index contributed by atoms with van der Waals surface area (Å²) >= 11 is 1.98. The molecule has 0 unspecified atom stereocenters. The lowest BCUT2D eigenvalue weighted by atomic mass is 10.1. The van der Waals surface area contributed by atoms with E-state index in [0.29, 0.717) is 12.0 Å². The Kier molecular flexibility index (Phi) is 3.89. The van der Waals surface area contributed by atoms with Gasteiger partial charge >= 0.3 is 0 Å². The van der Waals surface area contributed by atoms with Crippen molar-refractivity contribution in [1.29, 1.82) is 0 Å². The third-order valence-electron chi connectivity index (χ3n) is 4.06. The number of hydrogen-bond donors (Lipinski definition) is 1. The first-order valence-corrected chi connectivity index (χ1v) is 8.06. The van der Waals surface area contributed by atoms with Gasteiger partial charge in [-0.2, -0.15) is 16.7 Å². The molecular formula is C13H21N3OS. The zero-order valence-electron chi connectivity index (χ0n) is 10.7. The van der Waals surface area contributed by atoms with Gasteiger partial charge in [0.15, 0.2) is 5.82 Å². The molecule has 0 aliphatic heterocycles. The van der Waals surface area contributed by atoms with E-state index >= 15 is 0 Å². The van der Waals surface area contributed by atoms with Gasteiger partial charge in [0.1, 0.15) is 0 Å². The molecule has 1 aromatic heterocycles. The number of thioether (sulfide) groups is 1. The van der Waals surface area contributed by atoms with E-state index in [2.05, 4.69) is 10.1 Å². The van der Waals surface area contributed by atoms with E-state index in [1.165, 1.54) is 25.7 Å². The van der Waals surface area contributed by atoms with Gasteiger partial charge in [-0.15, -0.1) is 0 Å². The van der Waals surface area contributed by atoms with E-state index in [4.69, 9.17) is 10.3 Å². The average molecular weight is 267 g/mol. The summed E-state index contributed by atoms with van der Waals surface area (Å²) in [5, 5.41) is 4.91. The summed E-state index contributed by atoms with van der Waals surface area (Å²) in [4.78, 5) is 4.53. The van der Waals surface area contributed by atoms with E-state index in [1.807, 2.05) is 11.8 Å². The Labute approximate surface area is 112 Å². The molecule has 1 aromatic rings. The Morgan fingerprint density at radius 1 is 1.22 bits per heavy atom. The van der Waals surface area contributed by atoms with Crippen molar-refractivity contribution in [2.45, 2.75) is 67.9 Å². The maximum Gasteiger partial charge on any atom is 0.229 e. The third kappa shape index (κ3) is 2.88. The molecule has 3 rings (SSSR count). The van der Waals surface area contributed by atoms with Gasteiger partial charge < -0.3 is 10.3 Å². The normalized spacial score (nSPS) is 29.2. The quantitative estimate of drug-likeness (QED) is 0.908. The standard InChI is InChI=1S/C13H21N3OS/c14-10-6-5-9(7-10)13-15-12(16-17-13)8-18-11-3-1-2-4-11/h9-11H,1-8,14H2/t9-,10+/m1/s1. The molecule has 0 amide bonds. The first-order chi connectivity index (χ1) is 8.81. The topological polar surface area (TPSA) is 64.9 Å². The molecule has 4 nitrogen and oxygen atoms in total. The fraction of sp³-hybridized carbons (Fsp3) is 0.846. The van der Waals surface area contributed by atoms with E-state index in [1.54, 1.807) is 0 Å². The summed E-state index contributed by atoms with van der Waals surface area (Å²) in [5.74, 6) is 2.97. The van der Waals surface area contributed by atoms with Crippen molar-refractivity contribution in [3.8, 4) is 0 Å². The highest BCUT2D eigenvalue weighted by molar-refractivity contribution is 7.99. The van der Waals surface area contributed by atoms with Crippen molar-refractivity contribution < 1.29 is 4.52 Å². The predicted molar refractivity (Wildman–Crippen MR) is 72.4 cm³/mol. The van der Waals surface area contributed by atoms with Gasteiger partial charge in [0.2, 0.25) is 5.89 Å². The van der Waals surface area contributed by atoms with Crippen molar-refractivity contribution >= 4 is 11.8 Å². The second kappa shape index (κ2) is 5.61. The first-order valence-electron chi connectivity index (χ1n) is 7.01. The second-order valence-corrected chi connectivity index (χ2v) is 6.83. The molecular weight excluding hydrogens is 246 g/mol. The number of rotatable bonds is 4. The lowest BCUT2D eigenvalue weighted by Crippen LogP contribution is -2.14. The molecule has 2 N–H and O–H groups in total. The fourth-order valence-corrected chi connectivity index (χ4v) is 4.15. The molecule has 100 valence electrons. The lowest BCUT2D eigenvalue weighted by Gasteiger charge is -2.05.